The molecule has 0 bridgehead atoms. The maximum Gasteiger partial charge on any atom is 0.0348 e. The summed E-state index contributed by atoms with van der Waals surface area (Å²) in [6.07, 6.45) is 2.27. The van der Waals surface area contributed by atoms with Gasteiger partial charge in [0.25, 0.3) is 0 Å². The molecule has 0 atom stereocenters. The Bertz CT molecular complexity index is 44.3. The Morgan fingerprint density at radius 1 is 1.22 bits per heavy atom. The van der Waals surface area contributed by atoms with Crippen molar-refractivity contribution in [2.45, 2.75) is 12.8 Å². The molecule has 3 heteroatoms. The van der Waals surface area contributed by atoms with E-state index in [4.69, 9.17) is 17.3 Å². The van der Waals surface area contributed by atoms with Crippen molar-refractivity contribution in [3.63, 3.8) is 0 Å². The minimum absolute atomic E-state index is 0.697. The molecule has 0 saturated carbocycles. The molecule has 0 saturated heterocycles. The van der Waals surface area contributed by atoms with E-state index in [1.165, 1.54) is 0 Å². The summed E-state index contributed by atoms with van der Waals surface area (Å²) < 4.78 is 0. The first-order valence-corrected chi connectivity index (χ1v) is 3.92. The van der Waals surface area contributed by atoms with Gasteiger partial charge in [0.15, 0.2) is 0 Å². The Morgan fingerprint density at radius 3 is 2.56 bits per heavy atom. The number of nitrogens with two attached hydrogens (primary N) is 1. The average Bonchev–Trinajstić information content (AvgIpc) is 1.89. The highest BCUT2D eigenvalue weighted by Gasteiger charge is 1.84. The topological polar surface area (TPSA) is 38.0 Å². The maximum absolute atomic E-state index is 5.43. The van der Waals surface area contributed by atoms with Crippen molar-refractivity contribution in [3.8, 4) is 0 Å². The van der Waals surface area contributed by atoms with Crippen LogP contribution in [0.3, 0.4) is 0 Å². The second-order valence-corrected chi connectivity index (χ2v) is 2.31. The smallest absolute Gasteiger partial charge is 0.0348 e. The van der Waals surface area contributed by atoms with Gasteiger partial charge in [-0.1, -0.05) is 0 Å². The molecule has 3 N–H and O–H groups in total. The predicted octanol–water partition coefficient (Wildman–Crippen LogP) is 0.554. The number of hydrogen-bond donors (Lipinski definition) is 2. The predicted molar refractivity (Wildman–Crippen MR) is 41.9 cm³/mol. The lowest BCUT2D eigenvalue weighted by atomic mass is 10.3. The normalized spacial score (nSPS) is 10.0. The third-order valence-corrected chi connectivity index (χ3v) is 1.27. The van der Waals surface area contributed by atoms with Gasteiger partial charge in [0, 0.05) is 12.4 Å². The van der Waals surface area contributed by atoms with E-state index in [1.807, 2.05) is 0 Å². The zero-order chi connectivity index (χ0) is 6.95. The van der Waals surface area contributed by atoms with Gasteiger partial charge in [-0.15, -0.1) is 11.6 Å². The van der Waals surface area contributed by atoms with E-state index in [9.17, 15) is 0 Å². The Labute approximate surface area is 61.8 Å². The summed E-state index contributed by atoms with van der Waals surface area (Å²) in [5, 5.41) is 3.18. The summed E-state index contributed by atoms with van der Waals surface area (Å²) in [7, 11) is 0. The number of hydrogen-bond acceptors (Lipinski definition) is 2. The summed E-state index contributed by atoms with van der Waals surface area (Å²) >= 11 is 5.43. The van der Waals surface area contributed by atoms with E-state index in [0.717, 1.165) is 32.5 Å². The SMILES string of the molecule is NCCCCNCCCl. The molecule has 0 rings (SSSR count). The van der Waals surface area contributed by atoms with Crippen molar-refractivity contribution in [3.05, 3.63) is 0 Å². The standard InChI is InChI=1S/C6H15ClN2/c7-3-6-9-5-2-1-4-8/h9H,1-6,8H2. The van der Waals surface area contributed by atoms with Crippen LogP contribution in [0.5, 0.6) is 0 Å². The van der Waals surface area contributed by atoms with Crippen molar-refractivity contribution < 1.29 is 0 Å². The Morgan fingerprint density at radius 2 is 2.00 bits per heavy atom. The van der Waals surface area contributed by atoms with Gasteiger partial charge in [-0.25, -0.2) is 0 Å². The van der Waals surface area contributed by atoms with E-state index in [1.54, 1.807) is 0 Å². The van der Waals surface area contributed by atoms with Crippen LogP contribution in [-0.4, -0.2) is 25.5 Å². The first-order valence-electron chi connectivity index (χ1n) is 3.38. The maximum atomic E-state index is 5.43. The average molecular weight is 151 g/mol. The minimum atomic E-state index is 0.697. The Hall–Kier alpha value is 0.210. The zero-order valence-electron chi connectivity index (χ0n) is 5.70. The molecule has 0 spiro atoms. The molecule has 0 fully saturated rings. The van der Waals surface area contributed by atoms with Crippen LogP contribution in [0.4, 0.5) is 0 Å². The molecule has 0 aromatic carbocycles. The molecule has 56 valence electrons. The fraction of sp³-hybridized carbons (Fsp3) is 1.00. The summed E-state index contributed by atoms with van der Waals surface area (Å²) in [4.78, 5) is 0. The molecule has 2 nitrogen and oxygen atoms in total. The second-order valence-electron chi connectivity index (χ2n) is 1.93. The van der Waals surface area contributed by atoms with Crippen LogP contribution in [0, 0.1) is 0 Å². The molecular weight excluding hydrogens is 136 g/mol. The van der Waals surface area contributed by atoms with E-state index >= 15 is 0 Å². The fourth-order valence-electron chi connectivity index (χ4n) is 0.586. The van der Waals surface area contributed by atoms with Crippen molar-refractivity contribution in [2.75, 3.05) is 25.5 Å². The van der Waals surface area contributed by atoms with Crippen molar-refractivity contribution in [1.82, 2.24) is 5.32 Å². The van der Waals surface area contributed by atoms with Crippen LogP contribution in [0.1, 0.15) is 12.8 Å². The molecule has 0 aliphatic rings. The third-order valence-electron chi connectivity index (χ3n) is 1.08. The summed E-state index contributed by atoms with van der Waals surface area (Å²) in [6, 6.07) is 0. The van der Waals surface area contributed by atoms with Crippen LogP contribution in [0.15, 0.2) is 0 Å². The molecule has 0 aliphatic carbocycles. The molecule has 9 heavy (non-hydrogen) atoms. The largest absolute Gasteiger partial charge is 0.330 e. The van der Waals surface area contributed by atoms with Gasteiger partial charge in [0.05, 0.1) is 0 Å². The fourth-order valence-corrected chi connectivity index (χ4v) is 0.720. The van der Waals surface area contributed by atoms with Gasteiger partial charge >= 0.3 is 0 Å². The van der Waals surface area contributed by atoms with Crippen molar-refractivity contribution in [2.24, 2.45) is 5.73 Å². The van der Waals surface area contributed by atoms with Crippen LogP contribution in [0.25, 0.3) is 0 Å². The number of unbranched alkanes of at least 4 members (excludes halogenated alkanes) is 1. The lowest BCUT2D eigenvalue weighted by Crippen LogP contribution is -2.18. The molecule has 0 heterocycles. The van der Waals surface area contributed by atoms with E-state index in [2.05, 4.69) is 5.32 Å². The molecule has 0 radical (unpaired) electrons. The molecular formula is C6H15ClN2. The Kier molecular flexibility index (Phi) is 8.40. The number of alkyl halides is 1. The third kappa shape index (κ3) is 8.21. The van der Waals surface area contributed by atoms with E-state index in [-0.39, 0.29) is 0 Å². The minimum Gasteiger partial charge on any atom is -0.330 e. The first-order chi connectivity index (χ1) is 4.41. The summed E-state index contributed by atoms with van der Waals surface area (Å²) in [5.74, 6) is 0.697. The Balaban J connectivity index is 2.60. The second kappa shape index (κ2) is 8.21. The quantitative estimate of drug-likeness (QED) is 0.429. The van der Waals surface area contributed by atoms with Crippen molar-refractivity contribution in [1.29, 1.82) is 0 Å². The van der Waals surface area contributed by atoms with Gasteiger partial charge in [-0.05, 0) is 25.9 Å². The van der Waals surface area contributed by atoms with Crippen LogP contribution < -0.4 is 11.1 Å². The van der Waals surface area contributed by atoms with E-state index in [0.29, 0.717) is 5.88 Å². The molecule has 0 aromatic rings. The highest BCUT2D eigenvalue weighted by molar-refractivity contribution is 6.18. The van der Waals surface area contributed by atoms with Gasteiger partial charge < -0.3 is 11.1 Å². The summed E-state index contributed by atoms with van der Waals surface area (Å²) in [5.41, 5.74) is 5.29. The molecule has 0 unspecified atom stereocenters. The molecule has 0 amide bonds. The van der Waals surface area contributed by atoms with Gasteiger partial charge in [-0.2, -0.15) is 0 Å². The lowest BCUT2D eigenvalue weighted by molar-refractivity contribution is 0.648. The van der Waals surface area contributed by atoms with Gasteiger partial charge in [-0.3, -0.25) is 0 Å². The zero-order valence-corrected chi connectivity index (χ0v) is 6.45. The van der Waals surface area contributed by atoms with Crippen LogP contribution in [-0.2, 0) is 0 Å². The van der Waals surface area contributed by atoms with Crippen LogP contribution in [0.2, 0.25) is 0 Å². The van der Waals surface area contributed by atoms with Crippen molar-refractivity contribution >= 4 is 11.6 Å². The van der Waals surface area contributed by atoms with Crippen LogP contribution >= 0.6 is 11.6 Å². The highest BCUT2D eigenvalue weighted by atomic mass is 35.5. The van der Waals surface area contributed by atoms with E-state index < -0.39 is 0 Å². The summed E-state index contributed by atoms with van der Waals surface area (Å²) in [6.45, 7) is 2.75. The lowest BCUT2D eigenvalue weighted by Gasteiger charge is -1.99. The number of nitrogens with one attached hydrogen (secondary N) is 1. The highest BCUT2D eigenvalue weighted by Crippen LogP contribution is 1.81. The number of rotatable bonds is 6. The number of halogens is 1. The van der Waals surface area contributed by atoms with Gasteiger partial charge in [0.2, 0.25) is 0 Å². The molecule has 0 aromatic heterocycles. The van der Waals surface area contributed by atoms with Gasteiger partial charge in [0.1, 0.15) is 0 Å². The first kappa shape index (κ1) is 9.21. The monoisotopic (exact) mass is 150 g/mol. The molecule has 0 aliphatic heterocycles.